The van der Waals surface area contributed by atoms with Crippen LogP contribution in [-0.4, -0.2) is 24.0 Å². The van der Waals surface area contributed by atoms with Gasteiger partial charge in [0.2, 0.25) is 5.91 Å². The zero-order chi connectivity index (χ0) is 16.2. The number of pyridine rings is 1. The van der Waals surface area contributed by atoms with E-state index >= 15 is 0 Å². The SMILES string of the molecule is CCN(C(=O)Cc1ccc2c(c1)CCCO2)c1cccnc1C. The highest BCUT2D eigenvalue weighted by atomic mass is 16.5. The average molecular weight is 310 g/mol. The molecule has 4 heteroatoms. The minimum atomic E-state index is 0.0975. The molecule has 23 heavy (non-hydrogen) atoms. The third-order valence-electron chi connectivity index (χ3n) is 4.22. The number of carbonyl (C=O) groups excluding carboxylic acids is 1. The summed E-state index contributed by atoms with van der Waals surface area (Å²) in [4.78, 5) is 18.8. The van der Waals surface area contributed by atoms with E-state index in [1.54, 1.807) is 11.1 Å². The maximum atomic E-state index is 12.7. The highest BCUT2D eigenvalue weighted by molar-refractivity contribution is 5.95. The lowest BCUT2D eigenvalue weighted by Gasteiger charge is -2.23. The molecule has 3 rings (SSSR count). The lowest BCUT2D eigenvalue weighted by molar-refractivity contribution is -0.117. The summed E-state index contributed by atoms with van der Waals surface area (Å²) in [7, 11) is 0. The van der Waals surface area contributed by atoms with Crippen molar-refractivity contribution in [2.24, 2.45) is 0 Å². The number of aromatic nitrogens is 1. The van der Waals surface area contributed by atoms with Gasteiger partial charge in [0.1, 0.15) is 5.75 Å². The van der Waals surface area contributed by atoms with Crippen molar-refractivity contribution in [2.75, 3.05) is 18.1 Å². The molecule has 0 atom stereocenters. The second-order valence-electron chi connectivity index (χ2n) is 5.82. The van der Waals surface area contributed by atoms with Crippen LogP contribution in [0.25, 0.3) is 0 Å². The number of likely N-dealkylation sites (N-methyl/N-ethyl adjacent to an activating group) is 1. The third-order valence-corrected chi connectivity index (χ3v) is 4.22. The second kappa shape index (κ2) is 6.82. The number of amides is 1. The molecule has 1 aromatic carbocycles. The number of nitrogens with zero attached hydrogens (tertiary/aromatic N) is 2. The fourth-order valence-corrected chi connectivity index (χ4v) is 3.04. The van der Waals surface area contributed by atoms with Crippen molar-refractivity contribution in [3.8, 4) is 5.75 Å². The normalized spacial score (nSPS) is 13.1. The fourth-order valence-electron chi connectivity index (χ4n) is 3.04. The monoisotopic (exact) mass is 310 g/mol. The van der Waals surface area contributed by atoms with Crippen LogP contribution in [0.1, 0.15) is 30.2 Å². The Bertz CT molecular complexity index is 712. The summed E-state index contributed by atoms with van der Waals surface area (Å²) in [5.74, 6) is 1.06. The number of hydrogen-bond donors (Lipinski definition) is 0. The fraction of sp³-hybridized carbons (Fsp3) is 0.368. The largest absolute Gasteiger partial charge is 0.493 e. The summed E-state index contributed by atoms with van der Waals surface area (Å²) in [5, 5.41) is 0. The quantitative estimate of drug-likeness (QED) is 0.870. The summed E-state index contributed by atoms with van der Waals surface area (Å²) >= 11 is 0. The number of aryl methyl sites for hydroxylation is 2. The van der Waals surface area contributed by atoms with Crippen LogP contribution in [0.3, 0.4) is 0 Å². The summed E-state index contributed by atoms with van der Waals surface area (Å²) in [5.41, 5.74) is 4.02. The Hall–Kier alpha value is -2.36. The molecule has 0 N–H and O–H groups in total. The summed E-state index contributed by atoms with van der Waals surface area (Å²) in [6.45, 7) is 5.35. The van der Waals surface area contributed by atoms with Crippen molar-refractivity contribution >= 4 is 11.6 Å². The smallest absolute Gasteiger partial charge is 0.231 e. The molecule has 120 valence electrons. The van der Waals surface area contributed by atoms with Crippen molar-refractivity contribution in [3.05, 3.63) is 53.3 Å². The predicted molar refractivity (Wildman–Crippen MR) is 91.0 cm³/mol. The van der Waals surface area contributed by atoms with Gasteiger partial charge in [0, 0.05) is 12.7 Å². The van der Waals surface area contributed by atoms with Crippen LogP contribution in [0, 0.1) is 6.92 Å². The number of carbonyl (C=O) groups is 1. The van der Waals surface area contributed by atoms with E-state index in [0.29, 0.717) is 13.0 Å². The van der Waals surface area contributed by atoms with Gasteiger partial charge in [0.05, 0.1) is 24.4 Å². The molecule has 0 saturated heterocycles. The van der Waals surface area contributed by atoms with Gasteiger partial charge in [-0.2, -0.15) is 0 Å². The van der Waals surface area contributed by atoms with E-state index in [-0.39, 0.29) is 5.91 Å². The number of benzene rings is 1. The van der Waals surface area contributed by atoms with E-state index in [4.69, 9.17) is 4.74 Å². The Kier molecular flexibility index (Phi) is 4.60. The molecule has 0 radical (unpaired) electrons. The minimum Gasteiger partial charge on any atom is -0.493 e. The first-order valence-electron chi connectivity index (χ1n) is 8.15. The van der Waals surface area contributed by atoms with E-state index in [1.165, 1.54) is 5.56 Å². The van der Waals surface area contributed by atoms with Gasteiger partial charge in [-0.05, 0) is 56.0 Å². The van der Waals surface area contributed by atoms with Gasteiger partial charge in [-0.1, -0.05) is 12.1 Å². The molecule has 1 amide bonds. The van der Waals surface area contributed by atoms with Crippen LogP contribution in [-0.2, 0) is 17.6 Å². The molecular weight excluding hydrogens is 288 g/mol. The summed E-state index contributed by atoms with van der Waals surface area (Å²) in [6.07, 6.45) is 4.22. The van der Waals surface area contributed by atoms with Crippen LogP contribution in [0.4, 0.5) is 5.69 Å². The Morgan fingerprint density at radius 1 is 1.35 bits per heavy atom. The van der Waals surface area contributed by atoms with E-state index in [2.05, 4.69) is 11.1 Å². The van der Waals surface area contributed by atoms with E-state index in [9.17, 15) is 4.79 Å². The molecule has 1 aliphatic rings. The zero-order valence-corrected chi connectivity index (χ0v) is 13.7. The Morgan fingerprint density at radius 3 is 3.00 bits per heavy atom. The van der Waals surface area contributed by atoms with E-state index in [1.807, 2.05) is 38.1 Å². The van der Waals surface area contributed by atoms with Crippen LogP contribution in [0.5, 0.6) is 5.75 Å². The van der Waals surface area contributed by atoms with Gasteiger partial charge in [-0.15, -0.1) is 0 Å². The maximum Gasteiger partial charge on any atom is 0.231 e. The highest BCUT2D eigenvalue weighted by Gasteiger charge is 2.18. The number of hydrogen-bond acceptors (Lipinski definition) is 3. The molecule has 0 unspecified atom stereocenters. The first-order chi connectivity index (χ1) is 11.2. The van der Waals surface area contributed by atoms with Crippen molar-refractivity contribution in [1.29, 1.82) is 0 Å². The van der Waals surface area contributed by atoms with Gasteiger partial charge in [-0.25, -0.2) is 0 Å². The average Bonchev–Trinajstić information content (AvgIpc) is 2.57. The van der Waals surface area contributed by atoms with Gasteiger partial charge in [-0.3, -0.25) is 9.78 Å². The molecule has 2 heterocycles. The van der Waals surface area contributed by atoms with Crippen LogP contribution in [0.15, 0.2) is 36.5 Å². The Labute approximate surface area is 137 Å². The molecular formula is C19H22N2O2. The number of fused-ring (bicyclic) bond motifs is 1. The molecule has 0 aliphatic carbocycles. The second-order valence-corrected chi connectivity index (χ2v) is 5.82. The predicted octanol–water partition coefficient (Wildman–Crippen LogP) is 3.31. The number of rotatable bonds is 4. The maximum absolute atomic E-state index is 12.7. The molecule has 0 spiro atoms. The molecule has 1 aliphatic heterocycles. The van der Waals surface area contributed by atoms with Crippen molar-refractivity contribution in [3.63, 3.8) is 0 Å². The third kappa shape index (κ3) is 3.36. The zero-order valence-electron chi connectivity index (χ0n) is 13.7. The van der Waals surface area contributed by atoms with Crippen molar-refractivity contribution in [1.82, 2.24) is 4.98 Å². The number of ether oxygens (including phenoxy) is 1. The Morgan fingerprint density at radius 2 is 2.22 bits per heavy atom. The highest BCUT2D eigenvalue weighted by Crippen LogP contribution is 2.26. The van der Waals surface area contributed by atoms with Gasteiger partial charge < -0.3 is 9.64 Å². The van der Waals surface area contributed by atoms with E-state index < -0.39 is 0 Å². The van der Waals surface area contributed by atoms with Crippen molar-refractivity contribution < 1.29 is 9.53 Å². The topological polar surface area (TPSA) is 42.4 Å². The van der Waals surface area contributed by atoms with Crippen LogP contribution < -0.4 is 9.64 Å². The molecule has 2 aromatic rings. The van der Waals surface area contributed by atoms with Crippen molar-refractivity contribution in [2.45, 2.75) is 33.1 Å². The van der Waals surface area contributed by atoms with Gasteiger partial charge >= 0.3 is 0 Å². The molecule has 0 bridgehead atoms. The van der Waals surface area contributed by atoms with Gasteiger partial charge in [0.15, 0.2) is 0 Å². The summed E-state index contributed by atoms with van der Waals surface area (Å²) < 4.78 is 5.63. The lowest BCUT2D eigenvalue weighted by Crippen LogP contribution is -2.32. The molecule has 1 aromatic heterocycles. The summed E-state index contributed by atoms with van der Waals surface area (Å²) in [6, 6.07) is 9.91. The molecule has 0 fully saturated rings. The van der Waals surface area contributed by atoms with Gasteiger partial charge in [0.25, 0.3) is 0 Å². The first-order valence-corrected chi connectivity index (χ1v) is 8.15. The lowest BCUT2D eigenvalue weighted by atomic mass is 10.0. The molecule has 4 nitrogen and oxygen atoms in total. The van der Waals surface area contributed by atoms with Crippen LogP contribution in [0.2, 0.25) is 0 Å². The van der Waals surface area contributed by atoms with E-state index in [0.717, 1.165) is 42.1 Å². The van der Waals surface area contributed by atoms with Crippen LogP contribution >= 0.6 is 0 Å². The minimum absolute atomic E-state index is 0.0975. The molecule has 0 saturated carbocycles. The number of anilines is 1. The first kappa shape index (κ1) is 15.5. The Balaban J connectivity index is 1.79. The standard InChI is InChI=1S/C19H22N2O2/c1-3-21(17-7-4-10-20-14(17)2)19(22)13-15-8-9-18-16(12-15)6-5-11-23-18/h4,7-10,12H,3,5-6,11,13H2,1-2H3.